The molecule has 0 aromatic heterocycles. The van der Waals surface area contributed by atoms with Crippen molar-refractivity contribution >= 4 is 6.29 Å². The lowest BCUT2D eigenvalue weighted by atomic mass is 10.1. The average Bonchev–Trinajstić information content (AvgIpc) is 1.82. The summed E-state index contributed by atoms with van der Waals surface area (Å²) in [4.78, 5) is 9.74. The lowest BCUT2D eigenvalue weighted by molar-refractivity contribution is -0.108. The third-order valence-corrected chi connectivity index (χ3v) is 1.14. The molecule has 2 unspecified atom stereocenters. The van der Waals surface area contributed by atoms with E-state index in [1.807, 2.05) is 0 Å². The fraction of sp³-hybridized carbons (Fsp3) is 0.833. The van der Waals surface area contributed by atoms with Gasteiger partial charge in [0.15, 0.2) is 0 Å². The molecule has 0 rings (SSSR count). The number of aliphatic hydroxyl groups excluding tert-OH is 2. The predicted octanol–water partition coefficient (Wildman–Crippen LogP) is -0.293. The Morgan fingerprint density at radius 3 is 2.44 bits per heavy atom. The first kappa shape index (κ1) is 8.59. The van der Waals surface area contributed by atoms with Gasteiger partial charge in [0.2, 0.25) is 0 Å². The summed E-state index contributed by atoms with van der Waals surface area (Å²) in [5, 5.41) is 17.5. The molecule has 54 valence electrons. The zero-order chi connectivity index (χ0) is 7.28. The molecule has 0 amide bonds. The van der Waals surface area contributed by atoms with Crippen LogP contribution in [0, 0.1) is 0 Å². The van der Waals surface area contributed by atoms with Crippen molar-refractivity contribution in [1.82, 2.24) is 0 Å². The molecule has 0 heterocycles. The maximum absolute atomic E-state index is 9.74. The quantitative estimate of drug-likeness (QED) is 0.517. The first-order valence-electron chi connectivity index (χ1n) is 2.98. The van der Waals surface area contributed by atoms with E-state index in [4.69, 9.17) is 10.2 Å². The van der Waals surface area contributed by atoms with E-state index in [1.54, 1.807) is 0 Å². The molecule has 0 aliphatic heterocycles. The third kappa shape index (κ3) is 4.12. The Morgan fingerprint density at radius 2 is 2.11 bits per heavy atom. The molecule has 9 heavy (non-hydrogen) atoms. The fourth-order valence-corrected chi connectivity index (χ4v) is 0.480. The maximum atomic E-state index is 9.74. The Labute approximate surface area is 54.3 Å². The van der Waals surface area contributed by atoms with Gasteiger partial charge in [-0.15, -0.1) is 0 Å². The molecule has 0 fully saturated rings. The number of carbonyl (C=O) groups excluding carboxylic acids is 1. The number of carbonyl (C=O) groups is 1. The zero-order valence-corrected chi connectivity index (χ0v) is 5.45. The Bertz CT molecular complexity index is 80.4. The summed E-state index contributed by atoms with van der Waals surface area (Å²) >= 11 is 0. The van der Waals surface area contributed by atoms with Gasteiger partial charge in [0.25, 0.3) is 0 Å². The summed E-state index contributed by atoms with van der Waals surface area (Å²) in [5.74, 6) is 0. The van der Waals surface area contributed by atoms with Crippen molar-refractivity contribution in [3.8, 4) is 0 Å². The minimum atomic E-state index is -0.754. The van der Waals surface area contributed by atoms with Crippen molar-refractivity contribution in [1.29, 1.82) is 0 Å². The van der Waals surface area contributed by atoms with Crippen LogP contribution >= 0.6 is 0 Å². The van der Waals surface area contributed by atoms with Gasteiger partial charge in [0.05, 0.1) is 12.2 Å². The lowest BCUT2D eigenvalue weighted by Crippen LogP contribution is -2.22. The van der Waals surface area contributed by atoms with Gasteiger partial charge >= 0.3 is 0 Å². The van der Waals surface area contributed by atoms with Crippen LogP contribution in [0.25, 0.3) is 0 Å². The largest absolute Gasteiger partial charge is 0.391 e. The monoisotopic (exact) mass is 132 g/mol. The lowest BCUT2D eigenvalue weighted by Gasteiger charge is -2.10. The number of hydrogen-bond acceptors (Lipinski definition) is 3. The molecule has 0 aromatic carbocycles. The molecule has 2 atom stereocenters. The van der Waals surface area contributed by atoms with Crippen LogP contribution in [-0.4, -0.2) is 28.7 Å². The average molecular weight is 132 g/mol. The molecular weight excluding hydrogens is 120 g/mol. The van der Waals surface area contributed by atoms with Crippen molar-refractivity contribution in [2.75, 3.05) is 0 Å². The van der Waals surface area contributed by atoms with Gasteiger partial charge in [-0.25, -0.2) is 0 Å². The molecule has 0 saturated carbocycles. The van der Waals surface area contributed by atoms with Gasteiger partial charge in [0.1, 0.15) is 6.29 Å². The van der Waals surface area contributed by atoms with E-state index < -0.39 is 12.2 Å². The maximum Gasteiger partial charge on any atom is 0.120 e. The molecule has 0 radical (unpaired) electrons. The van der Waals surface area contributed by atoms with E-state index in [2.05, 4.69) is 0 Å². The molecule has 0 spiro atoms. The van der Waals surface area contributed by atoms with Crippen LogP contribution in [0.4, 0.5) is 0 Å². The molecule has 3 heteroatoms. The van der Waals surface area contributed by atoms with Crippen LogP contribution in [0.1, 0.15) is 19.8 Å². The fourth-order valence-electron chi connectivity index (χ4n) is 0.480. The number of aldehydes is 1. The highest BCUT2D eigenvalue weighted by atomic mass is 16.3. The van der Waals surface area contributed by atoms with Gasteiger partial charge in [-0.2, -0.15) is 0 Å². The van der Waals surface area contributed by atoms with Crippen molar-refractivity contribution in [2.24, 2.45) is 0 Å². The molecule has 2 N–H and O–H groups in total. The summed E-state index contributed by atoms with van der Waals surface area (Å²) in [7, 11) is 0. The first-order chi connectivity index (χ1) is 4.18. The van der Waals surface area contributed by atoms with Crippen LogP contribution in [0.2, 0.25) is 0 Å². The second-order valence-corrected chi connectivity index (χ2v) is 2.05. The zero-order valence-electron chi connectivity index (χ0n) is 5.45. The smallest absolute Gasteiger partial charge is 0.120 e. The molecule has 3 nitrogen and oxygen atoms in total. The molecular formula is C6H12O3. The van der Waals surface area contributed by atoms with E-state index in [9.17, 15) is 4.79 Å². The first-order valence-corrected chi connectivity index (χ1v) is 2.98. The normalized spacial score (nSPS) is 16.8. The van der Waals surface area contributed by atoms with Gasteiger partial charge in [-0.3, -0.25) is 0 Å². The summed E-state index contributed by atoms with van der Waals surface area (Å²) in [6, 6.07) is 0. The Morgan fingerprint density at radius 1 is 1.56 bits per heavy atom. The summed E-state index contributed by atoms with van der Waals surface area (Å²) in [6.45, 7) is 1.50. The highest BCUT2D eigenvalue weighted by Gasteiger charge is 2.08. The van der Waals surface area contributed by atoms with Gasteiger partial charge in [-0.1, -0.05) is 0 Å². The van der Waals surface area contributed by atoms with Gasteiger partial charge < -0.3 is 15.0 Å². The second kappa shape index (κ2) is 4.47. The van der Waals surface area contributed by atoms with Gasteiger partial charge in [-0.05, 0) is 13.3 Å². The third-order valence-electron chi connectivity index (χ3n) is 1.14. The van der Waals surface area contributed by atoms with Crippen molar-refractivity contribution in [3.05, 3.63) is 0 Å². The number of aliphatic hydroxyl groups is 2. The van der Waals surface area contributed by atoms with Crippen LogP contribution < -0.4 is 0 Å². The van der Waals surface area contributed by atoms with Crippen molar-refractivity contribution < 1.29 is 15.0 Å². The molecule has 0 bridgehead atoms. The van der Waals surface area contributed by atoms with E-state index in [-0.39, 0.29) is 0 Å². The Balaban J connectivity index is 3.26. The minimum Gasteiger partial charge on any atom is -0.391 e. The van der Waals surface area contributed by atoms with E-state index in [0.29, 0.717) is 12.8 Å². The van der Waals surface area contributed by atoms with Crippen LogP contribution in [0.3, 0.4) is 0 Å². The van der Waals surface area contributed by atoms with Crippen LogP contribution in [0.15, 0.2) is 0 Å². The van der Waals surface area contributed by atoms with E-state index in [1.165, 1.54) is 6.92 Å². The van der Waals surface area contributed by atoms with Crippen molar-refractivity contribution in [2.45, 2.75) is 32.0 Å². The predicted molar refractivity (Wildman–Crippen MR) is 33.0 cm³/mol. The number of hydrogen-bond donors (Lipinski definition) is 2. The van der Waals surface area contributed by atoms with Gasteiger partial charge in [0, 0.05) is 6.42 Å². The summed E-state index contributed by atoms with van der Waals surface area (Å²) < 4.78 is 0. The van der Waals surface area contributed by atoms with E-state index >= 15 is 0 Å². The van der Waals surface area contributed by atoms with Crippen LogP contribution in [-0.2, 0) is 4.79 Å². The Kier molecular flexibility index (Phi) is 4.26. The highest BCUT2D eigenvalue weighted by molar-refractivity contribution is 5.49. The number of rotatable bonds is 4. The Hall–Kier alpha value is -0.410. The summed E-state index contributed by atoms with van der Waals surface area (Å²) in [6.07, 6.45) is -0.0982. The molecule has 0 aliphatic rings. The molecule has 0 aromatic rings. The SMILES string of the molecule is CC(O)C(O)CCC=O. The van der Waals surface area contributed by atoms with Crippen LogP contribution in [0.5, 0.6) is 0 Å². The highest BCUT2D eigenvalue weighted by Crippen LogP contribution is 1.99. The van der Waals surface area contributed by atoms with E-state index in [0.717, 1.165) is 6.29 Å². The molecule has 0 aliphatic carbocycles. The minimum absolute atomic E-state index is 0.312. The standard InChI is InChI=1S/C6H12O3/c1-5(8)6(9)3-2-4-7/h4-6,8-9H,2-3H2,1H3. The topological polar surface area (TPSA) is 57.5 Å². The second-order valence-electron chi connectivity index (χ2n) is 2.05. The summed E-state index contributed by atoms with van der Waals surface area (Å²) in [5.41, 5.74) is 0. The molecule has 0 saturated heterocycles. The van der Waals surface area contributed by atoms with Crippen molar-refractivity contribution in [3.63, 3.8) is 0 Å².